The van der Waals surface area contributed by atoms with E-state index in [1.807, 2.05) is 16.0 Å². The van der Waals surface area contributed by atoms with Gasteiger partial charge >= 0.3 is 35.2 Å². The molecule has 0 aliphatic carbocycles. The zero-order valence-electron chi connectivity index (χ0n) is 22.7. The monoisotopic (exact) mass is 609 g/mol. The number of hydrogen-bond donors (Lipinski definition) is 12. The van der Waals surface area contributed by atoms with Gasteiger partial charge in [-0.15, -0.1) is 0 Å². The standard InChI is InChI=1S/C21H39N9O12/c31-10-13(34)25-16(37)22-4-1-7-28-19(40)29(8-2-5-23-17(38)26-14(35)11-32)21(42)30(20(28)41)9-3-6-24-18(39)27-15(36)12-33/h13-15,31-36H,1-12H2,(H2,22,25,37)(H2,23,26,38)(H2,24,27,39). The summed E-state index contributed by atoms with van der Waals surface area (Å²) >= 11 is 0. The minimum Gasteiger partial charge on any atom is -0.392 e. The van der Waals surface area contributed by atoms with Crippen LogP contribution in [0, 0.1) is 0 Å². The van der Waals surface area contributed by atoms with E-state index in [4.69, 9.17) is 15.3 Å². The molecule has 21 nitrogen and oxygen atoms in total. The van der Waals surface area contributed by atoms with E-state index in [9.17, 15) is 44.1 Å². The van der Waals surface area contributed by atoms with Gasteiger partial charge in [-0.25, -0.2) is 42.5 Å². The molecule has 0 aliphatic heterocycles. The quantitative estimate of drug-likeness (QED) is 0.0546. The average Bonchev–Trinajstić information content (AvgIpc) is 2.95. The fourth-order valence-electron chi connectivity index (χ4n) is 3.32. The molecule has 0 spiro atoms. The number of carbonyl (C=O) groups excluding carboxylic acids is 3. The van der Waals surface area contributed by atoms with Gasteiger partial charge in [0.15, 0.2) is 18.7 Å². The highest BCUT2D eigenvalue weighted by atomic mass is 16.3. The zero-order chi connectivity index (χ0) is 31.7. The van der Waals surface area contributed by atoms with Crippen LogP contribution in [0.3, 0.4) is 0 Å². The number of aliphatic hydroxyl groups is 6. The predicted octanol–water partition coefficient (Wildman–Crippen LogP) is -6.83. The Hall–Kier alpha value is -4.02. The molecule has 0 radical (unpaired) electrons. The van der Waals surface area contributed by atoms with Gasteiger partial charge in [0.25, 0.3) is 0 Å². The van der Waals surface area contributed by atoms with E-state index in [1.165, 1.54) is 0 Å². The molecule has 0 fully saturated rings. The average molecular weight is 610 g/mol. The van der Waals surface area contributed by atoms with Crippen LogP contribution in [0.15, 0.2) is 14.4 Å². The van der Waals surface area contributed by atoms with Crippen molar-refractivity contribution < 1.29 is 45.0 Å². The molecule has 42 heavy (non-hydrogen) atoms. The largest absolute Gasteiger partial charge is 0.392 e. The fourth-order valence-corrected chi connectivity index (χ4v) is 3.32. The summed E-state index contributed by atoms with van der Waals surface area (Å²) in [5, 5.41) is 67.1. The first-order valence-electron chi connectivity index (χ1n) is 12.9. The lowest BCUT2D eigenvalue weighted by molar-refractivity contribution is 0.0751. The van der Waals surface area contributed by atoms with Crippen LogP contribution in [-0.4, -0.2) is 121 Å². The smallest absolute Gasteiger partial charge is 0.336 e. The highest BCUT2D eigenvalue weighted by molar-refractivity contribution is 5.74. The molecule has 0 saturated heterocycles. The van der Waals surface area contributed by atoms with Crippen molar-refractivity contribution in [2.75, 3.05) is 39.5 Å². The van der Waals surface area contributed by atoms with Crippen molar-refractivity contribution in [3.05, 3.63) is 31.5 Å². The molecule has 3 unspecified atom stereocenters. The van der Waals surface area contributed by atoms with Gasteiger partial charge in [-0.2, -0.15) is 0 Å². The molecule has 1 aromatic rings. The summed E-state index contributed by atoms with van der Waals surface area (Å²) in [7, 11) is 0. The highest BCUT2D eigenvalue weighted by Crippen LogP contribution is 1.88. The van der Waals surface area contributed by atoms with Crippen molar-refractivity contribution in [3.8, 4) is 0 Å². The van der Waals surface area contributed by atoms with Crippen molar-refractivity contribution in [1.82, 2.24) is 45.6 Å². The van der Waals surface area contributed by atoms with Crippen LogP contribution < -0.4 is 49.0 Å². The molecule has 1 aromatic heterocycles. The zero-order valence-corrected chi connectivity index (χ0v) is 22.7. The van der Waals surface area contributed by atoms with Crippen molar-refractivity contribution in [3.63, 3.8) is 0 Å². The lowest BCUT2D eigenvalue weighted by Gasteiger charge is -2.15. The number of nitrogens with one attached hydrogen (secondary N) is 6. The minimum atomic E-state index is -1.48. The maximum Gasteiger partial charge on any atom is 0.336 e. The van der Waals surface area contributed by atoms with E-state index in [0.29, 0.717) is 0 Å². The molecule has 1 rings (SSSR count). The van der Waals surface area contributed by atoms with Gasteiger partial charge in [0.1, 0.15) is 0 Å². The molecule has 0 bridgehead atoms. The molecule has 21 heteroatoms. The van der Waals surface area contributed by atoms with Crippen LogP contribution >= 0.6 is 0 Å². The first-order chi connectivity index (χ1) is 19.9. The Bertz CT molecular complexity index is 1010. The number of nitrogens with zero attached hydrogens (tertiary/aromatic N) is 3. The summed E-state index contributed by atoms with van der Waals surface area (Å²) in [6.45, 7) is -2.94. The van der Waals surface area contributed by atoms with Crippen molar-refractivity contribution in [1.29, 1.82) is 0 Å². The molecule has 0 aliphatic rings. The van der Waals surface area contributed by atoms with Crippen LogP contribution in [0.4, 0.5) is 14.4 Å². The summed E-state index contributed by atoms with van der Waals surface area (Å²) in [5.41, 5.74) is -2.84. The van der Waals surface area contributed by atoms with E-state index < -0.39 is 73.7 Å². The molecular formula is C21H39N9O12. The van der Waals surface area contributed by atoms with Gasteiger partial charge in [-0.3, -0.25) is 0 Å². The minimum absolute atomic E-state index is 0.0492. The fraction of sp³-hybridized carbons (Fsp3) is 0.714. The van der Waals surface area contributed by atoms with Gasteiger partial charge < -0.3 is 62.5 Å². The lowest BCUT2D eigenvalue weighted by atomic mass is 10.4. The van der Waals surface area contributed by atoms with Crippen molar-refractivity contribution in [2.24, 2.45) is 0 Å². The lowest BCUT2D eigenvalue weighted by Crippen LogP contribution is -2.55. The molecule has 0 saturated carbocycles. The van der Waals surface area contributed by atoms with Crippen molar-refractivity contribution in [2.45, 2.75) is 57.6 Å². The van der Waals surface area contributed by atoms with Crippen LogP contribution in [0.5, 0.6) is 0 Å². The summed E-state index contributed by atoms with van der Waals surface area (Å²) in [5.74, 6) is 0. The van der Waals surface area contributed by atoms with E-state index in [-0.39, 0.29) is 58.5 Å². The molecular weight excluding hydrogens is 570 g/mol. The summed E-state index contributed by atoms with van der Waals surface area (Å²) in [4.78, 5) is 74.0. The van der Waals surface area contributed by atoms with E-state index in [1.54, 1.807) is 0 Å². The van der Waals surface area contributed by atoms with Gasteiger partial charge in [-0.1, -0.05) is 0 Å². The topological polar surface area (TPSA) is 311 Å². The third kappa shape index (κ3) is 12.7. The Labute approximate surface area is 237 Å². The number of urea groups is 3. The third-order valence-corrected chi connectivity index (χ3v) is 5.33. The predicted molar refractivity (Wildman–Crippen MR) is 142 cm³/mol. The Balaban J connectivity index is 2.99. The molecule has 1 heterocycles. The molecule has 12 N–H and O–H groups in total. The highest BCUT2D eigenvalue weighted by Gasteiger charge is 2.16. The van der Waals surface area contributed by atoms with Crippen LogP contribution in [0.2, 0.25) is 0 Å². The Morgan fingerprint density at radius 3 is 0.976 bits per heavy atom. The van der Waals surface area contributed by atoms with Crippen LogP contribution in [-0.2, 0) is 19.6 Å². The first-order valence-corrected chi connectivity index (χ1v) is 12.9. The van der Waals surface area contributed by atoms with Gasteiger partial charge in [0.2, 0.25) is 0 Å². The van der Waals surface area contributed by atoms with E-state index in [2.05, 4.69) is 16.0 Å². The Morgan fingerprint density at radius 2 is 0.762 bits per heavy atom. The maximum atomic E-state index is 13.0. The Morgan fingerprint density at radius 1 is 0.524 bits per heavy atom. The molecule has 3 atom stereocenters. The maximum absolute atomic E-state index is 13.0. The summed E-state index contributed by atoms with van der Waals surface area (Å²) < 4.78 is 2.33. The Kier molecular flexibility index (Phi) is 16.4. The number of amides is 6. The van der Waals surface area contributed by atoms with Crippen molar-refractivity contribution >= 4 is 18.1 Å². The second-order valence-electron chi connectivity index (χ2n) is 8.66. The first kappa shape index (κ1) is 36.0. The second kappa shape index (κ2) is 19.2. The SMILES string of the molecule is O=C(NCCCn1c(=O)n(CCCNC(=O)NC(O)CO)c(=O)n(CCCNC(=O)NC(O)CO)c1=O)NC(O)CO. The van der Waals surface area contributed by atoms with Gasteiger partial charge in [-0.05, 0) is 19.3 Å². The summed E-state index contributed by atoms with van der Waals surface area (Å²) in [6.07, 6.45) is -4.28. The molecule has 240 valence electrons. The van der Waals surface area contributed by atoms with Gasteiger partial charge in [0, 0.05) is 39.3 Å². The van der Waals surface area contributed by atoms with E-state index in [0.717, 1.165) is 13.7 Å². The second-order valence-corrected chi connectivity index (χ2v) is 8.66. The van der Waals surface area contributed by atoms with Crippen LogP contribution in [0.25, 0.3) is 0 Å². The number of aliphatic hydroxyl groups excluding tert-OH is 6. The number of hydrogen-bond acceptors (Lipinski definition) is 12. The molecule has 6 amide bonds. The third-order valence-electron chi connectivity index (χ3n) is 5.33. The molecule has 0 aromatic carbocycles. The number of aromatic nitrogens is 3. The number of rotatable bonds is 18. The van der Waals surface area contributed by atoms with E-state index >= 15 is 0 Å². The number of carbonyl (C=O) groups is 3. The van der Waals surface area contributed by atoms with Gasteiger partial charge in [0.05, 0.1) is 19.8 Å². The summed E-state index contributed by atoms with van der Waals surface area (Å²) in [6, 6.07) is -2.42. The van der Waals surface area contributed by atoms with Crippen LogP contribution in [0.1, 0.15) is 19.3 Å². The normalized spacial score (nSPS) is 13.0.